The van der Waals surface area contributed by atoms with Crippen LogP contribution < -0.4 is 11.1 Å². The van der Waals surface area contributed by atoms with Crippen LogP contribution in [0.2, 0.25) is 0 Å². The maximum Gasteiger partial charge on any atom is 0.311 e. The zero-order chi connectivity index (χ0) is 10.1. The van der Waals surface area contributed by atoms with E-state index in [2.05, 4.69) is 15.8 Å². The first-order chi connectivity index (χ1) is 5.40. The zero-order valence-corrected chi connectivity index (χ0v) is 7.21. The quantitative estimate of drug-likeness (QED) is 0.379. The van der Waals surface area contributed by atoms with Gasteiger partial charge in [-0.05, 0) is 0 Å². The van der Waals surface area contributed by atoms with Crippen molar-refractivity contribution in [3.63, 3.8) is 0 Å². The minimum Gasteiger partial charge on any atom is -0.394 e. The lowest BCUT2D eigenvalue weighted by molar-refractivity contribution is -0.156. The zero-order valence-electron chi connectivity index (χ0n) is 7.21. The third-order valence-electron chi connectivity index (χ3n) is 0.534. The Kier molecular flexibility index (Phi) is 8.16. The van der Waals surface area contributed by atoms with Gasteiger partial charge >= 0.3 is 18.0 Å². The summed E-state index contributed by atoms with van der Waals surface area (Å²) < 4.78 is 3.97. The van der Waals surface area contributed by atoms with E-state index in [1.807, 2.05) is 0 Å². The number of amides is 2. The van der Waals surface area contributed by atoms with Gasteiger partial charge in [-0.25, -0.2) is 4.79 Å². The number of hydrogen-bond donors (Lipinski definition) is 2. The molecule has 6 nitrogen and oxygen atoms in total. The summed E-state index contributed by atoms with van der Waals surface area (Å²) in [4.78, 5) is 29.1. The normalized spacial score (nSPS) is 7.25. The number of nitrogens with two attached hydrogens (primary N) is 1. The average Bonchev–Trinajstić information content (AvgIpc) is 1.85. The Morgan fingerprint density at radius 3 is 1.42 bits per heavy atom. The van der Waals surface area contributed by atoms with Crippen molar-refractivity contribution in [2.75, 3.05) is 7.05 Å². The van der Waals surface area contributed by atoms with Crippen LogP contribution in [-0.4, -0.2) is 25.0 Å². The highest BCUT2D eigenvalue weighted by molar-refractivity contribution is 5.82. The molecule has 0 rings (SSSR count). The van der Waals surface area contributed by atoms with Gasteiger partial charge in [0.05, 0.1) is 0 Å². The van der Waals surface area contributed by atoms with Gasteiger partial charge < -0.3 is 15.8 Å². The Morgan fingerprint density at radius 1 is 1.17 bits per heavy atom. The number of nitrogens with one attached hydrogen (secondary N) is 1. The van der Waals surface area contributed by atoms with Crippen LogP contribution in [0.1, 0.15) is 13.8 Å². The average molecular weight is 176 g/mol. The van der Waals surface area contributed by atoms with Gasteiger partial charge in [0.2, 0.25) is 0 Å². The van der Waals surface area contributed by atoms with Gasteiger partial charge in [0, 0.05) is 20.9 Å². The molecule has 0 fully saturated rings. The van der Waals surface area contributed by atoms with Crippen LogP contribution in [0.4, 0.5) is 4.79 Å². The fourth-order valence-electron chi connectivity index (χ4n) is 0.202. The van der Waals surface area contributed by atoms with E-state index < -0.39 is 18.0 Å². The molecule has 0 atom stereocenters. The van der Waals surface area contributed by atoms with E-state index in [-0.39, 0.29) is 0 Å². The molecule has 0 spiro atoms. The molecular formula is C6H12N2O4. The molecule has 0 unspecified atom stereocenters. The lowest BCUT2D eigenvalue weighted by Crippen LogP contribution is -2.24. The van der Waals surface area contributed by atoms with E-state index in [9.17, 15) is 14.4 Å². The molecule has 6 heteroatoms. The van der Waals surface area contributed by atoms with Crippen molar-refractivity contribution in [1.29, 1.82) is 0 Å². The molecule has 0 aliphatic heterocycles. The molecule has 0 aromatic heterocycles. The predicted molar refractivity (Wildman–Crippen MR) is 41.1 cm³/mol. The van der Waals surface area contributed by atoms with Crippen molar-refractivity contribution >= 4 is 18.0 Å². The largest absolute Gasteiger partial charge is 0.394 e. The molecule has 0 aliphatic carbocycles. The van der Waals surface area contributed by atoms with Crippen LogP contribution in [-0.2, 0) is 14.3 Å². The van der Waals surface area contributed by atoms with E-state index in [0.717, 1.165) is 0 Å². The van der Waals surface area contributed by atoms with Gasteiger partial charge in [-0.2, -0.15) is 0 Å². The number of rotatable bonds is 0. The fourth-order valence-corrected chi connectivity index (χ4v) is 0.202. The van der Waals surface area contributed by atoms with Crippen molar-refractivity contribution in [2.45, 2.75) is 13.8 Å². The van der Waals surface area contributed by atoms with Gasteiger partial charge in [-0.3, -0.25) is 9.59 Å². The van der Waals surface area contributed by atoms with E-state index in [4.69, 9.17) is 0 Å². The number of carbonyl (C=O) groups is 3. The Balaban J connectivity index is 0. The van der Waals surface area contributed by atoms with E-state index in [1.165, 1.54) is 20.9 Å². The minimum atomic E-state index is -0.562. The number of carbonyl (C=O) groups excluding carboxylic acids is 3. The van der Waals surface area contributed by atoms with Gasteiger partial charge in [0.15, 0.2) is 0 Å². The van der Waals surface area contributed by atoms with E-state index >= 15 is 0 Å². The second-order valence-corrected chi connectivity index (χ2v) is 1.70. The molecular weight excluding hydrogens is 164 g/mol. The van der Waals surface area contributed by atoms with Crippen LogP contribution >= 0.6 is 0 Å². The molecule has 0 radical (unpaired) electrons. The van der Waals surface area contributed by atoms with Crippen LogP contribution in [0.15, 0.2) is 0 Å². The molecule has 0 bridgehead atoms. The maximum absolute atomic E-state index is 9.81. The van der Waals surface area contributed by atoms with Crippen molar-refractivity contribution in [1.82, 2.24) is 5.32 Å². The number of ether oxygens (including phenoxy) is 1. The Morgan fingerprint density at radius 2 is 1.42 bits per heavy atom. The number of esters is 2. The van der Waals surface area contributed by atoms with E-state index in [0.29, 0.717) is 0 Å². The van der Waals surface area contributed by atoms with Crippen molar-refractivity contribution in [3.05, 3.63) is 0 Å². The number of hydrogen-bond acceptors (Lipinski definition) is 4. The molecule has 0 aromatic carbocycles. The highest BCUT2D eigenvalue weighted by atomic mass is 16.6. The molecule has 0 aliphatic rings. The molecule has 12 heavy (non-hydrogen) atoms. The first-order valence-electron chi connectivity index (χ1n) is 3.06. The van der Waals surface area contributed by atoms with Crippen molar-refractivity contribution in [3.8, 4) is 0 Å². The summed E-state index contributed by atoms with van der Waals surface area (Å²) in [5.41, 5.74) is 4.54. The van der Waals surface area contributed by atoms with Gasteiger partial charge in [0.25, 0.3) is 0 Å². The summed E-state index contributed by atoms with van der Waals surface area (Å²) in [6.45, 7) is 2.36. The fraction of sp³-hybridized carbons (Fsp3) is 0.500. The van der Waals surface area contributed by atoms with Crippen molar-refractivity contribution in [2.24, 2.45) is 5.73 Å². The molecule has 3 N–H and O–H groups in total. The standard InChI is InChI=1S/C4H6O3.C2H6N2O/c1-3(5)7-4(2)6;1-4-2(3)5/h1-2H3;1H3,(H3,3,4,5). The van der Waals surface area contributed by atoms with E-state index in [1.54, 1.807) is 0 Å². The van der Waals surface area contributed by atoms with Crippen LogP contribution in [0, 0.1) is 0 Å². The summed E-state index contributed by atoms with van der Waals surface area (Å²) in [6, 6.07) is -0.495. The monoisotopic (exact) mass is 176 g/mol. The van der Waals surface area contributed by atoms with Gasteiger partial charge in [-0.15, -0.1) is 0 Å². The first-order valence-corrected chi connectivity index (χ1v) is 3.06. The lowest BCUT2D eigenvalue weighted by atomic mass is 10.7. The second-order valence-electron chi connectivity index (χ2n) is 1.70. The third-order valence-corrected chi connectivity index (χ3v) is 0.534. The molecule has 70 valence electrons. The van der Waals surface area contributed by atoms with Crippen LogP contribution in [0.3, 0.4) is 0 Å². The van der Waals surface area contributed by atoms with Crippen LogP contribution in [0.25, 0.3) is 0 Å². The summed E-state index contributed by atoms with van der Waals surface area (Å²) in [5, 5.41) is 2.17. The summed E-state index contributed by atoms with van der Waals surface area (Å²) in [7, 11) is 1.47. The Bertz CT molecular complexity index is 166. The topological polar surface area (TPSA) is 98.5 Å². The van der Waals surface area contributed by atoms with Gasteiger partial charge in [-0.1, -0.05) is 0 Å². The number of primary amides is 1. The number of urea groups is 1. The van der Waals surface area contributed by atoms with Crippen molar-refractivity contribution < 1.29 is 19.1 Å². The predicted octanol–water partition coefficient (Wildman–Crippen LogP) is -0.619. The third kappa shape index (κ3) is 23.7. The summed E-state index contributed by atoms with van der Waals surface area (Å²) >= 11 is 0. The summed E-state index contributed by atoms with van der Waals surface area (Å²) in [5.74, 6) is -1.12. The molecule has 0 saturated heterocycles. The lowest BCUT2D eigenvalue weighted by Gasteiger charge is -1.87. The SMILES string of the molecule is CC(=O)OC(C)=O.CNC(N)=O. The maximum atomic E-state index is 9.81. The Hall–Kier alpha value is -1.59. The minimum absolute atomic E-state index is 0.495. The molecule has 0 saturated carbocycles. The Labute approximate surface area is 70.1 Å². The molecule has 0 aromatic rings. The molecule has 2 amide bonds. The summed E-state index contributed by atoms with van der Waals surface area (Å²) in [6.07, 6.45) is 0. The first kappa shape index (κ1) is 13.0. The highest BCUT2D eigenvalue weighted by Gasteiger charge is 1.93. The van der Waals surface area contributed by atoms with Gasteiger partial charge in [0.1, 0.15) is 0 Å². The van der Waals surface area contributed by atoms with Crippen LogP contribution in [0.5, 0.6) is 0 Å². The second kappa shape index (κ2) is 7.52. The smallest absolute Gasteiger partial charge is 0.311 e. The highest BCUT2D eigenvalue weighted by Crippen LogP contribution is 1.73. The molecule has 0 heterocycles.